The van der Waals surface area contributed by atoms with Gasteiger partial charge in [0.15, 0.2) is 0 Å². The molecule has 0 radical (unpaired) electrons. The normalized spacial score (nSPS) is 11.5. The maximum absolute atomic E-state index is 5.11. The summed E-state index contributed by atoms with van der Waals surface area (Å²) in [4.78, 5) is 15.2. The van der Waals surface area contributed by atoms with E-state index in [1.54, 1.807) is 0 Å². The van der Waals surface area contributed by atoms with Gasteiger partial charge < -0.3 is 0 Å². The van der Waals surface area contributed by atoms with Crippen LogP contribution in [0, 0.1) is 0 Å². The summed E-state index contributed by atoms with van der Waals surface area (Å²) in [6.45, 7) is 0. The van der Waals surface area contributed by atoms with E-state index in [4.69, 9.17) is 15.0 Å². The van der Waals surface area contributed by atoms with Crippen molar-refractivity contribution >= 4 is 55.3 Å². The topological polar surface area (TPSA) is 38.7 Å². The van der Waals surface area contributed by atoms with Crippen LogP contribution >= 0.6 is 0 Å². The first-order valence-corrected chi connectivity index (χ1v) is 18.8. The molecule has 0 saturated carbocycles. The predicted molar refractivity (Wildman–Crippen MR) is 214 cm³/mol. The fourth-order valence-electron chi connectivity index (χ4n) is 7.20. The van der Waals surface area contributed by atoms with Crippen molar-refractivity contribution in [1.82, 2.24) is 15.0 Å². The van der Waals surface area contributed by atoms with E-state index in [9.17, 15) is 0 Å². The molecule has 0 aliphatic rings. The van der Waals surface area contributed by atoms with Crippen LogP contribution in [0.3, 0.4) is 0 Å². The van der Waals surface area contributed by atoms with Crippen LogP contribution in [0.2, 0.25) is 0 Å². The van der Waals surface area contributed by atoms with Crippen molar-refractivity contribution in [3.8, 4) is 56.4 Å². The zero-order valence-electron chi connectivity index (χ0n) is 27.5. The molecule has 2 aromatic heterocycles. The van der Waals surface area contributed by atoms with Crippen molar-refractivity contribution in [2.24, 2.45) is 0 Å². The Morgan fingerprint density at radius 3 is 1.59 bits per heavy atom. The third kappa shape index (κ3) is 5.25. The summed E-state index contributed by atoms with van der Waals surface area (Å²) in [5.41, 5.74) is 7.79. The fourth-order valence-corrected chi connectivity index (χ4v) is 10.2. The van der Waals surface area contributed by atoms with Gasteiger partial charge in [0, 0.05) is 0 Å². The molecule has 0 aliphatic heterocycles. The summed E-state index contributed by atoms with van der Waals surface area (Å²) in [5, 5.41) is 7.79. The van der Waals surface area contributed by atoms with E-state index >= 15 is 0 Å². The van der Waals surface area contributed by atoms with Gasteiger partial charge in [0.2, 0.25) is 0 Å². The molecular weight excluding hydrogens is 685 g/mol. The number of rotatable bonds is 5. The molecule has 238 valence electrons. The number of hydrogen-bond donors (Lipinski definition) is 0. The number of nitrogens with zero attached hydrogens (tertiary/aromatic N) is 3. The average Bonchev–Trinajstić information content (AvgIpc) is 3.60. The molecule has 2 heterocycles. The maximum atomic E-state index is 5.11. The van der Waals surface area contributed by atoms with Crippen molar-refractivity contribution in [2.75, 3.05) is 0 Å². The van der Waals surface area contributed by atoms with Gasteiger partial charge in [-0.1, -0.05) is 42.5 Å². The summed E-state index contributed by atoms with van der Waals surface area (Å²) in [7, 11) is 0. The average molecular weight is 715 g/mol. The van der Waals surface area contributed by atoms with Gasteiger partial charge in [-0.05, 0) is 5.56 Å². The van der Waals surface area contributed by atoms with Crippen molar-refractivity contribution in [1.29, 1.82) is 0 Å². The van der Waals surface area contributed by atoms with Gasteiger partial charge in [-0.3, -0.25) is 0 Å². The van der Waals surface area contributed by atoms with Crippen molar-refractivity contribution < 1.29 is 0 Å². The van der Waals surface area contributed by atoms with E-state index in [0.717, 1.165) is 27.8 Å². The Morgan fingerprint density at radius 2 is 0.843 bits per heavy atom. The minimum Gasteiger partial charge on any atom is -0.0617 e. The van der Waals surface area contributed by atoms with Crippen LogP contribution < -0.4 is 0 Å². The quantitative estimate of drug-likeness (QED) is 0.132. The molecule has 0 aliphatic carbocycles. The van der Waals surface area contributed by atoms with Crippen LogP contribution in [0.15, 0.2) is 176 Å². The van der Waals surface area contributed by atoms with Gasteiger partial charge in [-0.15, -0.1) is 0 Å². The number of benzene rings is 8. The van der Waals surface area contributed by atoms with Gasteiger partial charge in [0.1, 0.15) is 0 Å². The molecule has 0 amide bonds. The molecule has 0 unspecified atom stereocenters. The Hall–Kier alpha value is -6.19. The van der Waals surface area contributed by atoms with Crippen LogP contribution in [-0.2, 0) is 0 Å². The number of hydrogen-bond acceptors (Lipinski definition) is 3. The first kappa shape index (κ1) is 29.7. The third-order valence-electron chi connectivity index (χ3n) is 9.70. The summed E-state index contributed by atoms with van der Waals surface area (Å²) in [5.74, 6) is 1.97. The van der Waals surface area contributed by atoms with Gasteiger partial charge >= 0.3 is 255 Å². The molecule has 10 rings (SSSR count). The summed E-state index contributed by atoms with van der Waals surface area (Å²) < 4.78 is 2.93. The zero-order chi connectivity index (χ0) is 33.7. The molecule has 3 nitrogen and oxygen atoms in total. The Morgan fingerprint density at radius 1 is 0.314 bits per heavy atom. The Kier molecular flexibility index (Phi) is 7.16. The SMILES string of the molecule is c1ccc(-c2cccc(-c3nc(-c4ccccc4)nc(-c4ccc5c(ccc6ccc7c8cccc(-c9ccccc9)c8[se]c7c65)c4)n3)c2)cc1. The minimum atomic E-state index is 0.172. The van der Waals surface area contributed by atoms with E-state index in [1.807, 2.05) is 24.3 Å². The Labute approximate surface area is 301 Å². The predicted octanol–water partition coefficient (Wildman–Crippen LogP) is 11.9. The van der Waals surface area contributed by atoms with Gasteiger partial charge in [0.05, 0.1) is 0 Å². The van der Waals surface area contributed by atoms with Crippen molar-refractivity contribution in [2.45, 2.75) is 0 Å². The number of aromatic nitrogens is 3. The Balaban J connectivity index is 1.14. The van der Waals surface area contributed by atoms with Crippen LogP contribution in [0.4, 0.5) is 0 Å². The molecule has 8 aromatic carbocycles. The molecule has 0 spiro atoms. The molecule has 0 atom stereocenters. The first-order chi connectivity index (χ1) is 25.3. The smallest absolute Gasteiger partial charge is 0.0544 e. The monoisotopic (exact) mass is 715 g/mol. The van der Waals surface area contributed by atoms with Gasteiger partial charge in [-0.2, -0.15) is 0 Å². The summed E-state index contributed by atoms with van der Waals surface area (Å²) >= 11 is 0.172. The maximum Gasteiger partial charge on any atom is -0.0544 e. The molecule has 10 aromatic rings. The van der Waals surface area contributed by atoms with E-state index in [2.05, 4.69) is 152 Å². The van der Waals surface area contributed by atoms with Crippen molar-refractivity contribution in [3.63, 3.8) is 0 Å². The molecule has 4 heteroatoms. The Bertz CT molecular complexity index is 2900. The summed E-state index contributed by atoms with van der Waals surface area (Å²) in [6, 6.07) is 62.4. The minimum absolute atomic E-state index is 0.172. The third-order valence-corrected chi connectivity index (χ3v) is 12.4. The van der Waals surface area contributed by atoms with E-state index in [-0.39, 0.29) is 14.5 Å². The molecule has 0 N–H and O–H groups in total. The molecule has 0 fully saturated rings. The van der Waals surface area contributed by atoms with Crippen LogP contribution in [-0.4, -0.2) is 29.5 Å². The molecule has 51 heavy (non-hydrogen) atoms. The van der Waals surface area contributed by atoms with Crippen LogP contribution in [0.25, 0.3) is 97.3 Å². The van der Waals surface area contributed by atoms with E-state index in [0.29, 0.717) is 17.5 Å². The van der Waals surface area contributed by atoms with E-state index < -0.39 is 0 Å². The van der Waals surface area contributed by atoms with Crippen molar-refractivity contribution in [3.05, 3.63) is 176 Å². The first-order valence-electron chi connectivity index (χ1n) is 17.1. The van der Waals surface area contributed by atoms with E-state index in [1.165, 1.54) is 52.0 Å². The molecular formula is C47H29N3Se. The van der Waals surface area contributed by atoms with Crippen LogP contribution in [0.1, 0.15) is 0 Å². The summed E-state index contributed by atoms with van der Waals surface area (Å²) in [6.07, 6.45) is 0. The standard InChI is InChI=1S/C47H29N3Se/c1-4-12-30(13-5-1)34-18-10-19-36(28-34)46-48-45(33-16-8-3-9-17-33)49-47(50-46)37-25-26-38-35(29-37)23-22-32-24-27-41-40-21-11-20-39(31-14-6-2-7-15-31)43(40)51-44(41)42(32)38/h1-29H. The largest absolute Gasteiger partial charge is 0.0617 e. The van der Waals surface area contributed by atoms with Crippen LogP contribution in [0.5, 0.6) is 0 Å². The van der Waals surface area contributed by atoms with Gasteiger partial charge in [0.25, 0.3) is 0 Å². The molecule has 0 saturated heterocycles. The second-order valence-electron chi connectivity index (χ2n) is 12.8. The fraction of sp³-hybridized carbons (Fsp3) is 0. The second kappa shape index (κ2) is 12.3. The van der Waals surface area contributed by atoms with Gasteiger partial charge in [-0.25, -0.2) is 0 Å². The molecule has 0 bridgehead atoms. The second-order valence-corrected chi connectivity index (χ2v) is 15.0. The number of fused-ring (bicyclic) bond motifs is 7. The zero-order valence-corrected chi connectivity index (χ0v) is 29.2.